The third kappa shape index (κ3) is 3.14. The van der Waals surface area contributed by atoms with E-state index in [1.165, 1.54) is 18.2 Å². The number of halogens is 3. The minimum atomic E-state index is -4.71. The molecule has 1 saturated heterocycles. The van der Waals surface area contributed by atoms with E-state index in [4.69, 9.17) is 0 Å². The van der Waals surface area contributed by atoms with Crippen molar-refractivity contribution in [1.29, 1.82) is 0 Å². The van der Waals surface area contributed by atoms with Crippen LogP contribution in [0.15, 0.2) is 24.3 Å². The third-order valence-electron chi connectivity index (χ3n) is 3.04. The smallest absolute Gasteiger partial charge is 0.406 e. The molecule has 1 aromatic rings. The van der Waals surface area contributed by atoms with Gasteiger partial charge in [0.05, 0.1) is 5.60 Å². The summed E-state index contributed by atoms with van der Waals surface area (Å²) in [7, 11) is 0. The largest absolute Gasteiger partial charge is 0.573 e. The van der Waals surface area contributed by atoms with Crippen LogP contribution in [0.25, 0.3) is 0 Å². The van der Waals surface area contributed by atoms with E-state index in [1.807, 2.05) is 0 Å². The number of benzene rings is 1. The first-order chi connectivity index (χ1) is 8.39. The summed E-state index contributed by atoms with van der Waals surface area (Å²) in [6.07, 6.45) is -3.76. The molecule has 0 bridgehead atoms. The van der Waals surface area contributed by atoms with Gasteiger partial charge in [-0.3, -0.25) is 0 Å². The van der Waals surface area contributed by atoms with Gasteiger partial charge in [-0.15, -0.1) is 13.2 Å². The fourth-order valence-corrected chi connectivity index (χ4v) is 2.11. The molecule has 0 atom stereocenters. The lowest BCUT2D eigenvalue weighted by atomic mass is 9.85. The van der Waals surface area contributed by atoms with Gasteiger partial charge >= 0.3 is 6.36 Å². The molecule has 6 heteroatoms. The number of nitrogens with one attached hydrogen (secondary N) is 1. The van der Waals surface area contributed by atoms with Crippen LogP contribution in [0.5, 0.6) is 5.75 Å². The van der Waals surface area contributed by atoms with E-state index in [1.54, 1.807) is 6.07 Å². The van der Waals surface area contributed by atoms with Crippen molar-refractivity contribution < 1.29 is 23.0 Å². The van der Waals surface area contributed by atoms with Crippen molar-refractivity contribution in [3.63, 3.8) is 0 Å². The lowest BCUT2D eigenvalue weighted by Gasteiger charge is -2.33. The first-order valence-electron chi connectivity index (χ1n) is 5.68. The van der Waals surface area contributed by atoms with Crippen LogP contribution >= 0.6 is 0 Å². The van der Waals surface area contributed by atoms with Crippen LogP contribution in [-0.2, 0) is 5.60 Å². The molecule has 0 aliphatic carbocycles. The quantitative estimate of drug-likeness (QED) is 0.857. The Morgan fingerprint density at radius 1 is 1.22 bits per heavy atom. The highest BCUT2D eigenvalue weighted by molar-refractivity contribution is 5.32. The van der Waals surface area contributed by atoms with Crippen molar-refractivity contribution in [2.45, 2.75) is 24.8 Å². The second kappa shape index (κ2) is 4.78. The van der Waals surface area contributed by atoms with Gasteiger partial charge in [-0.05, 0) is 43.6 Å². The number of piperidine rings is 1. The van der Waals surface area contributed by atoms with Gasteiger partial charge in [-0.2, -0.15) is 0 Å². The SMILES string of the molecule is OC1(c2cccc(OC(F)(F)F)c2)CCNCC1. The molecular weight excluding hydrogens is 247 g/mol. The van der Waals surface area contributed by atoms with Crippen LogP contribution in [0.3, 0.4) is 0 Å². The van der Waals surface area contributed by atoms with Crippen molar-refractivity contribution >= 4 is 0 Å². The maximum absolute atomic E-state index is 12.1. The molecule has 0 spiro atoms. The zero-order valence-corrected chi connectivity index (χ0v) is 9.63. The van der Waals surface area contributed by atoms with Crippen molar-refractivity contribution in [3.8, 4) is 5.75 Å². The van der Waals surface area contributed by atoms with Gasteiger partial charge in [-0.25, -0.2) is 0 Å². The van der Waals surface area contributed by atoms with Gasteiger partial charge in [0.2, 0.25) is 0 Å². The van der Waals surface area contributed by atoms with Crippen molar-refractivity contribution in [1.82, 2.24) is 5.32 Å². The van der Waals surface area contributed by atoms with Gasteiger partial charge in [-0.1, -0.05) is 12.1 Å². The Morgan fingerprint density at radius 3 is 2.50 bits per heavy atom. The summed E-state index contributed by atoms with van der Waals surface area (Å²) in [4.78, 5) is 0. The van der Waals surface area contributed by atoms with E-state index < -0.39 is 12.0 Å². The topological polar surface area (TPSA) is 41.5 Å². The Morgan fingerprint density at radius 2 is 1.89 bits per heavy atom. The van der Waals surface area contributed by atoms with E-state index in [9.17, 15) is 18.3 Å². The monoisotopic (exact) mass is 261 g/mol. The minimum Gasteiger partial charge on any atom is -0.406 e. The average molecular weight is 261 g/mol. The highest BCUT2D eigenvalue weighted by atomic mass is 19.4. The zero-order valence-electron chi connectivity index (χ0n) is 9.63. The first kappa shape index (κ1) is 13.2. The van der Waals surface area contributed by atoms with Crippen LogP contribution in [0.4, 0.5) is 13.2 Å². The summed E-state index contributed by atoms with van der Waals surface area (Å²) in [6.45, 7) is 1.28. The van der Waals surface area contributed by atoms with Crippen LogP contribution in [0.1, 0.15) is 18.4 Å². The predicted molar refractivity (Wildman–Crippen MR) is 59.1 cm³/mol. The lowest BCUT2D eigenvalue weighted by molar-refractivity contribution is -0.274. The number of hydrogen-bond donors (Lipinski definition) is 2. The van der Waals surface area contributed by atoms with Gasteiger partial charge in [0, 0.05) is 0 Å². The highest BCUT2D eigenvalue weighted by Crippen LogP contribution is 2.33. The molecule has 0 aromatic heterocycles. The van der Waals surface area contributed by atoms with E-state index >= 15 is 0 Å². The molecule has 1 fully saturated rings. The van der Waals surface area contributed by atoms with Crippen LogP contribution in [0, 0.1) is 0 Å². The van der Waals surface area contributed by atoms with Gasteiger partial charge in [0.25, 0.3) is 0 Å². The fraction of sp³-hybridized carbons (Fsp3) is 0.500. The molecule has 18 heavy (non-hydrogen) atoms. The van der Waals surface area contributed by atoms with Gasteiger partial charge in [0.15, 0.2) is 0 Å². The zero-order chi connectivity index (χ0) is 13.2. The number of ether oxygens (including phenoxy) is 1. The molecule has 3 nitrogen and oxygen atoms in total. The fourth-order valence-electron chi connectivity index (χ4n) is 2.11. The average Bonchev–Trinajstić information content (AvgIpc) is 2.28. The minimum absolute atomic E-state index is 0.299. The molecule has 0 saturated carbocycles. The predicted octanol–water partition coefficient (Wildman–Crippen LogP) is 2.16. The molecule has 100 valence electrons. The van der Waals surface area contributed by atoms with Crippen molar-refractivity contribution in [3.05, 3.63) is 29.8 Å². The Labute approximate surface area is 103 Å². The van der Waals surface area contributed by atoms with Crippen LogP contribution < -0.4 is 10.1 Å². The van der Waals surface area contributed by atoms with Crippen LogP contribution in [0.2, 0.25) is 0 Å². The lowest BCUT2D eigenvalue weighted by Crippen LogP contribution is -2.39. The summed E-state index contributed by atoms with van der Waals surface area (Å²) >= 11 is 0. The molecule has 2 N–H and O–H groups in total. The van der Waals surface area contributed by atoms with Crippen molar-refractivity contribution in [2.75, 3.05) is 13.1 Å². The molecule has 2 rings (SSSR count). The standard InChI is InChI=1S/C12H14F3NO2/c13-12(14,15)18-10-3-1-2-9(8-10)11(17)4-6-16-7-5-11/h1-3,8,16-17H,4-7H2. The Hall–Kier alpha value is -1.27. The number of alkyl halides is 3. The summed E-state index contributed by atoms with van der Waals surface area (Å²) in [6, 6.07) is 5.55. The molecule has 1 heterocycles. The normalized spacial score (nSPS) is 19.6. The third-order valence-corrected chi connectivity index (χ3v) is 3.04. The van der Waals surface area contributed by atoms with E-state index in [0.717, 1.165) is 0 Å². The van der Waals surface area contributed by atoms with Crippen molar-refractivity contribution in [2.24, 2.45) is 0 Å². The van der Waals surface area contributed by atoms with E-state index in [0.29, 0.717) is 31.5 Å². The molecule has 0 unspecified atom stereocenters. The van der Waals surface area contributed by atoms with E-state index in [-0.39, 0.29) is 5.75 Å². The summed E-state index contributed by atoms with van der Waals surface area (Å²) in [5.74, 6) is -0.299. The highest BCUT2D eigenvalue weighted by Gasteiger charge is 2.34. The maximum atomic E-state index is 12.1. The number of rotatable bonds is 2. The second-order valence-electron chi connectivity index (χ2n) is 4.36. The molecule has 0 radical (unpaired) electrons. The number of aliphatic hydroxyl groups is 1. The summed E-state index contributed by atoms with van der Waals surface area (Å²) in [5, 5.41) is 13.5. The molecule has 0 amide bonds. The van der Waals surface area contributed by atoms with Gasteiger partial charge < -0.3 is 15.2 Å². The van der Waals surface area contributed by atoms with Gasteiger partial charge in [0.1, 0.15) is 5.75 Å². The molecule has 1 aliphatic rings. The second-order valence-corrected chi connectivity index (χ2v) is 4.36. The van der Waals surface area contributed by atoms with Crippen LogP contribution in [-0.4, -0.2) is 24.6 Å². The number of hydrogen-bond acceptors (Lipinski definition) is 3. The first-order valence-corrected chi connectivity index (χ1v) is 5.68. The molecule has 1 aliphatic heterocycles. The Kier molecular flexibility index (Phi) is 3.49. The Bertz CT molecular complexity index is 414. The Balaban J connectivity index is 2.21. The summed E-state index contributed by atoms with van der Waals surface area (Å²) in [5.41, 5.74) is -0.610. The van der Waals surface area contributed by atoms with E-state index in [2.05, 4.69) is 10.1 Å². The summed E-state index contributed by atoms with van der Waals surface area (Å²) < 4.78 is 40.2. The molecular formula is C12H14F3NO2. The maximum Gasteiger partial charge on any atom is 0.573 e. The molecule has 1 aromatic carbocycles.